The van der Waals surface area contributed by atoms with E-state index < -0.39 is 17.6 Å². The Hall–Kier alpha value is -2.43. The number of nitrogens with one attached hydrogen (secondary N) is 1. The Labute approximate surface area is 115 Å². The van der Waals surface area contributed by atoms with E-state index in [-0.39, 0.29) is 12.1 Å². The molecule has 20 heavy (non-hydrogen) atoms. The van der Waals surface area contributed by atoms with Crippen molar-refractivity contribution in [1.82, 2.24) is 0 Å². The summed E-state index contributed by atoms with van der Waals surface area (Å²) in [4.78, 5) is 11.6. The van der Waals surface area contributed by atoms with Crippen LogP contribution in [0.15, 0.2) is 42.5 Å². The SMILES string of the molecule is COC(=O)c1ccccc1NCc1cccc(F)c1F. The zero-order chi connectivity index (χ0) is 14.5. The minimum absolute atomic E-state index is 0.0671. The van der Waals surface area contributed by atoms with Gasteiger partial charge in [0.2, 0.25) is 0 Å². The van der Waals surface area contributed by atoms with Crippen LogP contribution in [0.4, 0.5) is 14.5 Å². The zero-order valence-electron chi connectivity index (χ0n) is 10.8. The van der Waals surface area contributed by atoms with Gasteiger partial charge in [-0.15, -0.1) is 0 Å². The first kappa shape index (κ1) is 14.0. The van der Waals surface area contributed by atoms with Crippen molar-refractivity contribution in [3.8, 4) is 0 Å². The molecule has 104 valence electrons. The van der Waals surface area contributed by atoms with Crippen LogP contribution < -0.4 is 5.32 Å². The van der Waals surface area contributed by atoms with Gasteiger partial charge in [0.25, 0.3) is 0 Å². The molecule has 0 radical (unpaired) electrons. The second-order valence-corrected chi connectivity index (χ2v) is 4.10. The second-order valence-electron chi connectivity index (χ2n) is 4.10. The number of methoxy groups -OCH3 is 1. The van der Waals surface area contributed by atoms with Gasteiger partial charge in [-0.25, -0.2) is 13.6 Å². The first-order valence-corrected chi connectivity index (χ1v) is 5.97. The molecular weight excluding hydrogens is 264 g/mol. The quantitative estimate of drug-likeness (QED) is 0.871. The minimum Gasteiger partial charge on any atom is -0.465 e. The molecule has 0 amide bonds. The predicted octanol–water partition coefficient (Wildman–Crippen LogP) is 3.36. The van der Waals surface area contributed by atoms with Crippen LogP contribution in [0.1, 0.15) is 15.9 Å². The first-order valence-electron chi connectivity index (χ1n) is 5.97. The molecule has 5 heteroatoms. The molecule has 0 bridgehead atoms. The highest BCUT2D eigenvalue weighted by atomic mass is 19.2. The summed E-state index contributed by atoms with van der Waals surface area (Å²) in [6, 6.07) is 10.7. The predicted molar refractivity (Wildman–Crippen MR) is 71.5 cm³/mol. The van der Waals surface area contributed by atoms with Gasteiger partial charge < -0.3 is 10.1 Å². The summed E-state index contributed by atoms with van der Waals surface area (Å²) in [5.41, 5.74) is 1.03. The lowest BCUT2D eigenvalue weighted by Gasteiger charge is -2.11. The van der Waals surface area contributed by atoms with Crippen LogP contribution in [0.3, 0.4) is 0 Å². The number of carbonyl (C=O) groups is 1. The van der Waals surface area contributed by atoms with Crippen LogP contribution in [0.2, 0.25) is 0 Å². The number of halogens is 2. The third kappa shape index (κ3) is 2.93. The van der Waals surface area contributed by atoms with E-state index in [1.807, 2.05) is 0 Å². The van der Waals surface area contributed by atoms with Gasteiger partial charge in [0.15, 0.2) is 11.6 Å². The Bertz CT molecular complexity index is 629. The fourth-order valence-electron chi connectivity index (χ4n) is 1.80. The smallest absolute Gasteiger partial charge is 0.339 e. The molecule has 0 aromatic heterocycles. The minimum atomic E-state index is -0.898. The highest BCUT2D eigenvalue weighted by Gasteiger charge is 2.12. The molecule has 2 aromatic carbocycles. The van der Waals surface area contributed by atoms with Gasteiger partial charge in [0, 0.05) is 17.8 Å². The summed E-state index contributed by atoms with van der Waals surface area (Å²) in [6.07, 6.45) is 0. The highest BCUT2D eigenvalue weighted by Crippen LogP contribution is 2.18. The van der Waals surface area contributed by atoms with Crippen LogP contribution in [0.5, 0.6) is 0 Å². The molecule has 0 heterocycles. The monoisotopic (exact) mass is 277 g/mol. The molecular formula is C15H13F2NO2. The Morgan fingerprint density at radius 1 is 1.15 bits per heavy atom. The zero-order valence-corrected chi connectivity index (χ0v) is 10.8. The van der Waals surface area contributed by atoms with Gasteiger partial charge in [-0.1, -0.05) is 24.3 Å². The van der Waals surface area contributed by atoms with Crippen LogP contribution in [0.25, 0.3) is 0 Å². The van der Waals surface area contributed by atoms with Crippen molar-refractivity contribution in [3.05, 3.63) is 65.2 Å². The van der Waals surface area contributed by atoms with E-state index in [1.54, 1.807) is 24.3 Å². The Kier molecular flexibility index (Phi) is 4.30. The van der Waals surface area contributed by atoms with Gasteiger partial charge in [0.1, 0.15) is 0 Å². The molecule has 0 aliphatic carbocycles. The molecule has 0 saturated heterocycles. The molecule has 3 nitrogen and oxygen atoms in total. The maximum absolute atomic E-state index is 13.5. The molecule has 0 aliphatic heterocycles. The largest absolute Gasteiger partial charge is 0.465 e. The van der Waals surface area contributed by atoms with Gasteiger partial charge in [-0.3, -0.25) is 0 Å². The van der Waals surface area contributed by atoms with Gasteiger partial charge >= 0.3 is 5.97 Å². The highest BCUT2D eigenvalue weighted by molar-refractivity contribution is 5.95. The molecule has 1 N–H and O–H groups in total. The average Bonchev–Trinajstić information content (AvgIpc) is 2.48. The van der Waals surface area contributed by atoms with Crippen molar-refractivity contribution < 1.29 is 18.3 Å². The van der Waals surface area contributed by atoms with E-state index in [0.29, 0.717) is 11.3 Å². The Balaban J connectivity index is 2.19. The van der Waals surface area contributed by atoms with Gasteiger partial charge in [-0.2, -0.15) is 0 Å². The number of esters is 1. The number of ether oxygens (including phenoxy) is 1. The van der Waals surface area contributed by atoms with Crippen LogP contribution in [-0.2, 0) is 11.3 Å². The molecule has 0 fully saturated rings. The van der Waals surface area contributed by atoms with E-state index in [4.69, 9.17) is 0 Å². The number of benzene rings is 2. The summed E-state index contributed by atoms with van der Waals surface area (Å²) >= 11 is 0. The maximum atomic E-state index is 13.5. The van der Waals surface area contributed by atoms with Gasteiger partial charge in [0.05, 0.1) is 12.7 Å². The summed E-state index contributed by atoms with van der Waals surface area (Å²) in [7, 11) is 1.28. The lowest BCUT2D eigenvalue weighted by molar-refractivity contribution is 0.0602. The normalized spacial score (nSPS) is 10.2. The second kappa shape index (κ2) is 6.14. The van der Waals surface area contributed by atoms with Crippen LogP contribution in [0, 0.1) is 11.6 Å². The number of anilines is 1. The summed E-state index contributed by atoms with van der Waals surface area (Å²) in [6.45, 7) is 0.0671. The fraction of sp³-hybridized carbons (Fsp3) is 0.133. The number of hydrogen-bond donors (Lipinski definition) is 1. The van der Waals surface area contributed by atoms with Crippen molar-refractivity contribution >= 4 is 11.7 Å². The van der Waals surface area contributed by atoms with E-state index in [1.165, 1.54) is 19.2 Å². The van der Waals surface area contributed by atoms with Gasteiger partial charge in [-0.05, 0) is 18.2 Å². The van der Waals surface area contributed by atoms with E-state index >= 15 is 0 Å². The number of rotatable bonds is 4. The lowest BCUT2D eigenvalue weighted by atomic mass is 10.1. The molecule has 0 atom stereocenters. The van der Waals surface area contributed by atoms with Crippen molar-refractivity contribution in [2.24, 2.45) is 0 Å². The summed E-state index contributed by atoms with van der Waals surface area (Å²) in [5.74, 6) is -2.28. The van der Waals surface area contributed by atoms with Crippen LogP contribution in [-0.4, -0.2) is 13.1 Å². The topological polar surface area (TPSA) is 38.3 Å². The third-order valence-corrected chi connectivity index (χ3v) is 2.83. The van der Waals surface area contributed by atoms with Crippen molar-refractivity contribution in [2.75, 3.05) is 12.4 Å². The first-order chi connectivity index (χ1) is 9.63. The maximum Gasteiger partial charge on any atom is 0.339 e. The van der Waals surface area contributed by atoms with E-state index in [2.05, 4.69) is 10.1 Å². The van der Waals surface area contributed by atoms with Crippen molar-refractivity contribution in [2.45, 2.75) is 6.54 Å². The molecule has 0 saturated carbocycles. The molecule has 0 aliphatic rings. The van der Waals surface area contributed by atoms with Crippen LogP contribution >= 0.6 is 0 Å². The molecule has 2 aromatic rings. The number of hydrogen-bond acceptors (Lipinski definition) is 3. The van der Waals surface area contributed by atoms with Crippen molar-refractivity contribution in [3.63, 3.8) is 0 Å². The Morgan fingerprint density at radius 3 is 2.65 bits per heavy atom. The number of carbonyl (C=O) groups excluding carboxylic acids is 1. The summed E-state index contributed by atoms with van der Waals surface area (Å²) in [5, 5.41) is 2.91. The fourth-order valence-corrected chi connectivity index (χ4v) is 1.80. The summed E-state index contributed by atoms with van der Waals surface area (Å²) < 4.78 is 31.3. The van der Waals surface area contributed by atoms with E-state index in [0.717, 1.165) is 6.07 Å². The number of para-hydroxylation sites is 1. The molecule has 0 spiro atoms. The molecule has 0 unspecified atom stereocenters. The third-order valence-electron chi connectivity index (χ3n) is 2.83. The average molecular weight is 277 g/mol. The standard InChI is InChI=1S/C15H13F2NO2/c1-20-15(19)11-6-2-3-8-13(11)18-9-10-5-4-7-12(16)14(10)17/h2-8,18H,9H2,1H3. The lowest BCUT2D eigenvalue weighted by Crippen LogP contribution is -2.09. The Morgan fingerprint density at radius 2 is 1.90 bits per heavy atom. The van der Waals surface area contributed by atoms with Crippen molar-refractivity contribution in [1.29, 1.82) is 0 Å². The molecule has 2 rings (SSSR count). The van der Waals surface area contributed by atoms with E-state index in [9.17, 15) is 13.6 Å².